The van der Waals surface area contributed by atoms with Crippen LogP contribution >= 0.6 is 0 Å². The fourth-order valence-electron chi connectivity index (χ4n) is 2.30. The molecule has 1 aromatic carbocycles. The highest BCUT2D eigenvalue weighted by Gasteiger charge is 2.37. The van der Waals surface area contributed by atoms with E-state index in [1.807, 2.05) is 30.3 Å². The summed E-state index contributed by atoms with van der Waals surface area (Å²) >= 11 is 0. The summed E-state index contributed by atoms with van der Waals surface area (Å²) in [6.07, 6.45) is -1.16. The van der Waals surface area contributed by atoms with Gasteiger partial charge in [-0.25, -0.2) is 0 Å². The van der Waals surface area contributed by atoms with Crippen molar-refractivity contribution < 1.29 is 27.7 Å². The van der Waals surface area contributed by atoms with Crippen LogP contribution in [0.15, 0.2) is 42.2 Å². The molecule has 1 aromatic rings. The Bertz CT molecular complexity index is 483. The molecule has 0 N–H and O–H groups in total. The zero-order valence-electron chi connectivity index (χ0n) is 14.5. The first-order valence-corrected chi connectivity index (χ1v) is 8.02. The van der Waals surface area contributed by atoms with Crippen molar-refractivity contribution in [2.24, 2.45) is 0 Å². The van der Waals surface area contributed by atoms with E-state index in [1.54, 1.807) is 13.8 Å². The van der Waals surface area contributed by atoms with E-state index in [4.69, 9.17) is 18.9 Å². The summed E-state index contributed by atoms with van der Waals surface area (Å²) < 4.78 is 48.0. The zero-order chi connectivity index (χ0) is 17.8. The van der Waals surface area contributed by atoms with Crippen molar-refractivity contribution in [3.05, 3.63) is 47.7 Å². The minimum atomic E-state index is -1.89. The average Bonchev–Trinajstić information content (AvgIpc) is 2.61. The molecular formula is C18H26F2O4. The summed E-state index contributed by atoms with van der Waals surface area (Å²) in [5.74, 6) is -0.458. The van der Waals surface area contributed by atoms with Gasteiger partial charge in [0.1, 0.15) is 5.60 Å². The number of hydrogen-bond donors (Lipinski definition) is 0. The maximum atomic E-state index is 13.5. The second kappa shape index (κ2) is 11.1. The van der Waals surface area contributed by atoms with Gasteiger partial charge in [0.05, 0.1) is 19.8 Å². The fourth-order valence-corrected chi connectivity index (χ4v) is 2.30. The summed E-state index contributed by atoms with van der Waals surface area (Å²) in [5.41, 5.74) is -0.266. The predicted octanol–water partition coefficient (Wildman–Crippen LogP) is 4.51. The second-order valence-corrected chi connectivity index (χ2v) is 5.23. The Morgan fingerprint density at radius 1 is 1.04 bits per heavy atom. The lowest BCUT2D eigenvalue weighted by Gasteiger charge is -2.33. The normalized spacial score (nSPS) is 11.4. The molecule has 0 saturated heterocycles. The Kier molecular flexibility index (Phi) is 9.52. The molecule has 0 aliphatic heterocycles. The Labute approximate surface area is 142 Å². The molecule has 0 atom stereocenters. The van der Waals surface area contributed by atoms with Gasteiger partial charge in [0.15, 0.2) is 12.6 Å². The van der Waals surface area contributed by atoms with Gasteiger partial charge in [-0.05, 0) is 18.4 Å². The zero-order valence-corrected chi connectivity index (χ0v) is 14.5. The molecule has 1 rings (SSSR count). The Balaban J connectivity index is 2.77. The molecule has 0 spiro atoms. The van der Waals surface area contributed by atoms with Crippen LogP contribution in [-0.2, 0) is 25.6 Å². The van der Waals surface area contributed by atoms with Gasteiger partial charge in [0, 0.05) is 7.11 Å². The predicted molar refractivity (Wildman–Crippen MR) is 87.6 cm³/mol. The average molecular weight is 344 g/mol. The van der Waals surface area contributed by atoms with Crippen LogP contribution < -0.4 is 0 Å². The molecule has 0 amide bonds. The van der Waals surface area contributed by atoms with Crippen LogP contribution in [0.2, 0.25) is 0 Å². The number of rotatable bonds is 12. The molecule has 0 unspecified atom stereocenters. The summed E-state index contributed by atoms with van der Waals surface area (Å²) in [7, 11) is 1.54. The quantitative estimate of drug-likeness (QED) is 0.318. The molecule has 136 valence electrons. The van der Waals surface area contributed by atoms with E-state index in [9.17, 15) is 8.78 Å². The van der Waals surface area contributed by atoms with Crippen molar-refractivity contribution in [3.8, 4) is 0 Å². The molecule has 0 fully saturated rings. The fraction of sp³-hybridized carbons (Fsp3) is 0.556. The second-order valence-electron chi connectivity index (χ2n) is 5.23. The van der Waals surface area contributed by atoms with E-state index < -0.39 is 17.4 Å². The first-order chi connectivity index (χ1) is 11.6. The minimum absolute atomic E-state index is 0.229. The van der Waals surface area contributed by atoms with E-state index in [-0.39, 0.29) is 20.0 Å². The van der Waals surface area contributed by atoms with Crippen molar-refractivity contribution >= 4 is 0 Å². The molecule has 0 aromatic heterocycles. The SMILES string of the molecule is CCC(CC)(OCc1ccccc1)C(OCOCCOC)=C(F)F. The van der Waals surface area contributed by atoms with Gasteiger partial charge in [-0.15, -0.1) is 0 Å². The number of hydrogen-bond acceptors (Lipinski definition) is 4. The van der Waals surface area contributed by atoms with Gasteiger partial charge < -0.3 is 18.9 Å². The molecule has 0 heterocycles. The summed E-state index contributed by atoms with van der Waals surface area (Å²) in [6, 6.07) is 9.43. The van der Waals surface area contributed by atoms with Gasteiger partial charge >= 0.3 is 6.08 Å². The van der Waals surface area contributed by atoms with Crippen LogP contribution in [0.1, 0.15) is 32.3 Å². The van der Waals surface area contributed by atoms with Crippen molar-refractivity contribution in [1.29, 1.82) is 0 Å². The van der Waals surface area contributed by atoms with Crippen molar-refractivity contribution in [2.45, 2.75) is 38.9 Å². The lowest BCUT2D eigenvalue weighted by atomic mass is 9.94. The van der Waals surface area contributed by atoms with Crippen LogP contribution in [0.25, 0.3) is 0 Å². The molecule has 24 heavy (non-hydrogen) atoms. The van der Waals surface area contributed by atoms with Crippen LogP contribution in [0.5, 0.6) is 0 Å². The number of ether oxygens (including phenoxy) is 4. The highest BCUT2D eigenvalue weighted by Crippen LogP contribution is 2.34. The molecular weight excluding hydrogens is 318 g/mol. The van der Waals surface area contributed by atoms with E-state index in [0.29, 0.717) is 19.4 Å². The largest absolute Gasteiger partial charge is 0.463 e. The third-order valence-electron chi connectivity index (χ3n) is 3.80. The molecule has 0 aliphatic rings. The highest BCUT2D eigenvalue weighted by atomic mass is 19.3. The van der Waals surface area contributed by atoms with E-state index in [1.165, 1.54) is 7.11 Å². The van der Waals surface area contributed by atoms with Gasteiger partial charge in [0.25, 0.3) is 0 Å². The minimum Gasteiger partial charge on any atom is -0.463 e. The summed E-state index contributed by atoms with van der Waals surface area (Å²) in [6.45, 7) is 4.20. The van der Waals surface area contributed by atoms with Crippen LogP contribution in [0, 0.1) is 0 Å². The summed E-state index contributed by atoms with van der Waals surface area (Å²) in [4.78, 5) is 0. The Hall–Kier alpha value is -1.50. The van der Waals surface area contributed by atoms with Crippen molar-refractivity contribution in [2.75, 3.05) is 27.1 Å². The van der Waals surface area contributed by atoms with Gasteiger partial charge in [-0.1, -0.05) is 44.2 Å². The smallest absolute Gasteiger partial charge is 0.310 e. The molecule has 6 heteroatoms. The molecule has 0 saturated carbocycles. The Morgan fingerprint density at radius 3 is 2.25 bits per heavy atom. The number of benzene rings is 1. The van der Waals surface area contributed by atoms with Gasteiger partial charge in [0.2, 0.25) is 0 Å². The highest BCUT2D eigenvalue weighted by molar-refractivity contribution is 5.15. The van der Waals surface area contributed by atoms with Crippen LogP contribution in [0.3, 0.4) is 0 Å². The summed E-state index contributed by atoms with van der Waals surface area (Å²) in [5, 5.41) is 0. The standard InChI is InChI=1S/C18H26F2O4/c1-4-18(5-2,24-13-15-9-7-6-8-10-15)16(17(19)20)23-14-22-12-11-21-3/h6-10H,4-5,11-14H2,1-3H3. The van der Waals surface area contributed by atoms with E-state index in [2.05, 4.69) is 0 Å². The molecule has 0 bridgehead atoms. The van der Waals surface area contributed by atoms with Crippen LogP contribution in [0.4, 0.5) is 8.78 Å². The van der Waals surface area contributed by atoms with E-state index >= 15 is 0 Å². The van der Waals surface area contributed by atoms with Gasteiger partial charge in [-0.2, -0.15) is 8.78 Å². The maximum absolute atomic E-state index is 13.5. The topological polar surface area (TPSA) is 36.9 Å². The lowest BCUT2D eigenvalue weighted by molar-refractivity contribution is -0.113. The third-order valence-corrected chi connectivity index (χ3v) is 3.80. The monoisotopic (exact) mass is 344 g/mol. The van der Waals surface area contributed by atoms with Crippen molar-refractivity contribution in [1.82, 2.24) is 0 Å². The van der Waals surface area contributed by atoms with Crippen LogP contribution in [-0.4, -0.2) is 32.7 Å². The first-order valence-electron chi connectivity index (χ1n) is 8.02. The molecule has 0 radical (unpaired) electrons. The lowest BCUT2D eigenvalue weighted by Crippen LogP contribution is -2.35. The van der Waals surface area contributed by atoms with Gasteiger partial charge in [-0.3, -0.25) is 0 Å². The van der Waals surface area contributed by atoms with Crippen molar-refractivity contribution in [3.63, 3.8) is 0 Å². The number of halogens is 2. The third kappa shape index (κ3) is 6.19. The maximum Gasteiger partial charge on any atom is 0.310 e. The Morgan fingerprint density at radius 2 is 1.71 bits per heavy atom. The molecule has 4 nitrogen and oxygen atoms in total. The molecule has 0 aliphatic carbocycles. The first kappa shape index (κ1) is 20.5. The number of methoxy groups -OCH3 is 1. The van der Waals surface area contributed by atoms with E-state index in [0.717, 1.165) is 5.56 Å².